The molecule has 1 aliphatic heterocycles. The average molecular weight is 991 g/mol. The smallest absolute Gasteiger partial charge is 0.308 e. The quantitative estimate of drug-likeness (QED) is 0.0231. The highest BCUT2D eigenvalue weighted by Crippen LogP contribution is 2.43. The number of hydrogen-bond acceptors (Lipinski definition) is 15. The number of terminal acetylenes is 1. The van der Waals surface area contributed by atoms with E-state index in [-0.39, 0.29) is 37.2 Å². The molecule has 4 amide bonds. The lowest BCUT2D eigenvalue weighted by Gasteiger charge is -2.27. The van der Waals surface area contributed by atoms with Crippen LogP contribution in [0.1, 0.15) is 137 Å². The number of amides is 4. The summed E-state index contributed by atoms with van der Waals surface area (Å²) < 4.78 is 52.0. The first-order chi connectivity index (χ1) is 31.5. The molecule has 69 heavy (non-hydrogen) atoms. The lowest BCUT2D eigenvalue weighted by Crippen LogP contribution is -2.58. The Bertz CT molecular complexity index is 2280. The van der Waals surface area contributed by atoms with Crippen molar-refractivity contribution in [2.45, 2.75) is 193 Å². The number of nitrogens with zero attached hydrogens (tertiary/aromatic N) is 1. The Morgan fingerprint density at radius 1 is 0.739 bits per heavy atom. The molecule has 0 fully saturated rings. The van der Waals surface area contributed by atoms with Crippen LogP contribution in [0.15, 0.2) is 9.89 Å². The topological polar surface area (TPSA) is 315 Å². The van der Waals surface area contributed by atoms with E-state index in [4.69, 9.17) is 36.8 Å². The Labute approximate surface area is 406 Å². The van der Waals surface area contributed by atoms with E-state index >= 15 is 0 Å². The molecule has 22 heteroatoms. The third kappa shape index (κ3) is 19.9. The minimum absolute atomic E-state index is 0.00474. The first-order valence-electron chi connectivity index (χ1n) is 22.6. The van der Waals surface area contributed by atoms with Gasteiger partial charge in [0.15, 0.2) is 0 Å². The maximum absolute atomic E-state index is 14.2. The van der Waals surface area contributed by atoms with E-state index in [1.165, 1.54) is 0 Å². The summed E-state index contributed by atoms with van der Waals surface area (Å²) >= 11 is 0. The molecule has 9 N–H and O–H groups in total. The number of nitrogens with one attached hydrogen (secondary N) is 5. The van der Waals surface area contributed by atoms with Crippen LogP contribution < -0.4 is 42.2 Å². The Kier molecular flexibility index (Phi) is 20.6. The number of carbonyl (C=O) groups is 7. The molecule has 0 saturated heterocycles. The number of hydrogen-bond donors (Lipinski definition) is 7. The Balaban J connectivity index is 2.48. The SMILES string of the molecule is C#CCCNC(=O)[C@H](CC(=O)OC(C)(C)C)NC(=O)[C@H](CC(=O)OC(C)(C)C)NC(=O)[C@H](CCCN=C(N)NS(=O)(=O)c1c(C)c(C)c2c(c1C)CC(C)(C)O2)NC(=O)[C@@H](N)CC(=O)OC(C)(C)C. The summed E-state index contributed by atoms with van der Waals surface area (Å²) in [4.78, 5) is 97.7. The zero-order valence-electron chi connectivity index (χ0n) is 42.6. The minimum Gasteiger partial charge on any atom is -0.487 e. The summed E-state index contributed by atoms with van der Waals surface area (Å²) in [6, 6.07) is -6.36. The van der Waals surface area contributed by atoms with Gasteiger partial charge in [-0.25, -0.2) is 13.1 Å². The second-order valence-electron chi connectivity index (χ2n) is 20.5. The van der Waals surface area contributed by atoms with Crippen molar-refractivity contribution in [1.82, 2.24) is 26.0 Å². The molecule has 0 radical (unpaired) electrons. The van der Waals surface area contributed by atoms with Gasteiger partial charge in [0.1, 0.15) is 46.3 Å². The fraction of sp³-hybridized carbons (Fsp3) is 0.660. The van der Waals surface area contributed by atoms with Crippen LogP contribution in [0.25, 0.3) is 0 Å². The van der Waals surface area contributed by atoms with Crippen LogP contribution in [0.2, 0.25) is 0 Å². The Morgan fingerprint density at radius 2 is 1.20 bits per heavy atom. The first kappa shape index (κ1) is 59.2. The molecule has 0 aromatic heterocycles. The highest BCUT2D eigenvalue weighted by Gasteiger charge is 2.38. The van der Waals surface area contributed by atoms with Gasteiger partial charge in [-0.3, -0.25) is 38.6 Å². The number of sulfonamides is 1. The van der Waals surface area contributed by atoms with Gasteiger partial charge in [-0.15, -0.1) is 12.3 Å². The number of nitrogens with two attached hydrogens (primary N) is 2. The van der Waals surface area contributed by atoms with Crippen molar-refractivity contribution in [1.29, 1.82) is 0 Å². The average Bonchev–Trinajstić information content (AvgIpc) is 3.50. The van der Waals surface area contributed by atoms with E-state index in [9.17, 15) is 42.0 Å². The summed E-state index contributed by atoms with van der Waals surface area (Å²) in [6.07, 6.45) is 3.66. The summed E-state index contributed by atoms with van der Waals surface area (Å²) in [5.41, 5.74) is 11.2. The van der Waals surface area contributed by atoms with E-state index in [0.717, 1.165) is 5.56 Å². The number of benzene rings is 1. The lowest BCUT2D eigenvalue weighted by atomic mass is 9.94. The van der Waals surface area contributed by atoms with Crippen molar-refractivity contribution in [3.05, 3.63) is 22.3 Å². The molecular weight excluding hydrogens is 917 g/mol. The van der Waals surface area contributed by atoms with Crippen LogP contribution in [-0.4, -0.2) is 116 Å². The standard InChI is InChI=1S/C47H74N8O13S/c1-16-17-20-50-40(60)32(23-35(57)66-45(8,9)10)53-42(62)33(24-36(58)67-46(11,12)13)54-41(61)31(52-39(59)30(48)22-34(56)65-44(5,6)7)19-18-21-51-43(49)55-69(63,64)38-27(3)26(2)37-29(28(38)4)25-47(14,15)68-37/h1,30-33H,17-25,48H2,2-15H3,(H,50,60)(H,52,59)(H,53,62)(H,54,61)(H3,49,51,55)/t30-,31-,32-,33-/m0/s1. The highest BCUT2D eigenvalue weighted by molar-refractivity contribution is 7.90. The van der Waals surface area contributed by atoms with E-state index in [1.54, 1.807) is 83.1 Å². The molecule has 21 nitrogen and oxygen atoms in total. The van der Waals surface area contributed by atoms with Crippen LogP contribution in [0.5, 0.6) is 5.75 Å². The molecule has 1 aliphatic rings. The molecule has 0 aliphatic carbocycles. The molecule has 0 spiro atoms. The summed E-state index contributed by atoms with van der Waals surface area (Å²) in [5, 5.41) is 9.85. The predicted molar refractivity (Wildman–Crippen MR) is 257 cm³/mol. The molecule has 2 rings (SSSR count). The van der Waals surface area contributed by atoms with Crippen molar-refractivity contribution in [2.24, 2.45) is 16.5 Å². The van der Waals surface area contributed by atoms with Gasteiger partial charge in [0.05, 0.1) is 30.2 Å². The minimum atomic E-state index is -4.26. The summed E-state index contributed by atoms with van der Waals surface area (Å²) in [5.74, 6) is -3.94. The van der Waals surface area contributed by atoms with Gasteiger partial charge in [-0.2, -0.15) is 0 Å². The largest absolute Gasteiger partial charge is 0.487 e. The Hall–Kier alpha value is -5.95. The maximum Gasteiger partial charge on any atom is 0.308 e. The molecule has 386 valence electrons. The zero-order chi connectivity index (χ0) is 53.0. The van der Waals surface area contributed by atoms with Crippen molar-refractivity contribution in [3.8, 4) is 18.1 Å². The summed E-state index contributed by atoms with van der Waals surface area (Å²) in [7, 11) is -4.26. The first-order valence-corrected chi connectivity index (χ1v) is 24.1. The van der Waals surface area contributed by atoms with Crippen LogP contribution >= 0.6 is 0 Å². The molecule has 4 atom stereocenters. The van der Waals surface area contributed by atoms with E-state index in [1.807, 2.05) is 13.8 Å². The van der Waals surface area contributed by atoms with Gasteiger partial charge in [-0.05, 0) is 126 Å². The maximum atomic E-state index is 14.2. The van der Waals surface area contributed by atoms with E-state index in [0.29, 0.717) is 28.9 Å². The second kappa shape index (κ2) is 24.1. The monoisotopic (exact) mass is 991 g/mol. The number of esters is 3. The van der Waals surface area contributed by atoms with Gasteiger partial charge in [0.25, 0.3) is 10.0 Å². The molecular formula is C47H74N8O13S. The predicted octanol–water partition coefficient (Wildman–Crippen LogP) is 1.82. The number of carbonyl (C=O) groups excluding carboxylic acids is 7. The fourth-order valence-electron chi connectivity index (χ4n) is 7.01. The molecule has 0 unspecified atom stereocenters. The van der Waals surface area contributed by atoms with Gasteiger partial charge >= 0.3 is 17.9 Å². The zero-order valence-corrected chi connectivity index (χ0v) is 43.4. The molecule has 1 aromatic carbocycles. The van der Waals surface area contributed by atoms with Crippen molar-refractivity contribution >= 4 is 57.5 Å². The van der Waals surface area contributed by atoms with Crippen LogP contribution in [-0.2, 0) is 64.2 Å². The Morgan fingerprint density at radius 3 is 1.70 bits per heavy atom. The van der Waals surface area contributed by atoms with E-state index < -0.39 is 123 Å². The van der Waals surface area contributed by atoms with Crippen LogP contribution in [0.3, 0.4) is 0 Å². The molecule has 0 saturated carbocycles. The van der Waals surface area contributed by atoms with Gasteiger partial charge < -0.3 is 51.7 Å². The van der Waals surface area contributed by atoms with Gasteiger partial charge in [-0.1, -0.05) is 0 Å². The molecule has 1 heterocycles. The van der Waals surface area contributed by atoms with Crippen LogP contribution in [0, 0.1) is 33.1 Å². The van der Waals surface area contributed by atoms with Gasteiger partial charge in [0, 0.05) is 31.5 Å². The highest BCUT2D eigenvalue weighted by atomic mass is 32.2. The van der Waals surface area contributed by atoms with Crippen molar-refractivity contribution < 1.29 is 60.9 Å². The number of fused-ring (bicyclic) bond motifs is 1. The van der Waals surface area contributed by atoms with Crippen molar-refractivity contribution in [2.75, 3.05) is 13.1 Å². The van der Waals surface area contributed by atoms with Crippen LogP contribution in [0.4, 0.5) is 0 Å². The van der Waals surface area contributed by atoms with Gasteiger partial charge in [0.2, 0.25) is 29.6 Å². The lowest BCUT2D eigenvalue weighted by molar-refractivity contribution is -0.158. The molecule has 1 aromatic rings. The number of rotatable bonds is 21. The second-order valence-corrected chi connectivity index (χ2v) is 22.1. The number of aliphatic imine (C=N–C) groups is 1. The summed E-state index contributed by atoms with van der Waals surface area (Å²) in [6.45, 7) is 23.2. The normalized spacial score (nSPS) is 15.4. The van der Waals surface area contributed by atoms with E-state index in [2.05, 4.69) is 36.9 Å². The van der Waals surface area contributed by atoms with Crippen molar-refractivity contribution in [3.63, 3.8) is 0 Å². The number of guanidine groups is 1. The molecule has 0 bridgehead atoms. The fourth-order valence-corrected chi connectivity index (χ4v) is 8.53. The number of ether oxygens (including phenoxy) is 4. The third-order valence-corrected chi connectivity index (χ3v) is 11.6. The third-order valence-electron chi connectivity index (χ3n) is 9.93.